The Morgan fingerprint density at radius 3 is 0.966 bits per heavy atom. The van der Waals surface area contributed by atoms with Gasteiger partial charge in [-0.05, 0) is 70.8 Å². The highest BCUT2D eigenvalue weighted by atomic mass is 14.9. The van der Waals surface area contributed by atoms with Crippen molar-refractivity contribution in [3.8, 4) is 34.4 Å². The summed E-state index contributed by atoms with van der Waals surface area (Å²) in [4.78, 5) is 0. The summed E-state index contributed by atoms with van der Waals surface area (Å²) in [5.41, 5.74) is 7.73. The smallest absolute Gasteiger partial charge is 0.0991 e. The molecule has 1 N–H and O–H groups in total. The first-order valence-electron chi connectivity index (χ1n) is 9.23. The fraction of sp³-hybridized carbons (Fsp3) is 0. The lowest BCUT2D eigenvalue weighted by atomic mass is 10.0. The lowest BCUT2D eigenvalue weighted by Crippen LogP contribution is -1.90. The van der Waals surface area contributed by atoms with Crippen LogP contribution in [-0.4, -0.2) is 0 Å². The van der Waals surface area contributed by atoms with Gasteiger partial charge in [-0.25, -0.2) is 0 Å². The van der Waals surface area contributed by atoms with Crippen LogP contribution in [0.4, 0.5) is 11.4 Å². The van der Waals surface area contributed by atoms with Crippen molar-refractivity contribution in [1.82, 2.24) is 0 Å². The summed E-state index contributed by atoms with van der Waals surface area (Å²) < 4.78 is 0. The highest BCUT2D eigenvalue weighted by Crippen LogP contribution is 2.26. The second kappa shape index (κ2) is 8.13. The molecule has 0 aliphatic rings. The van der Waals surface area contributed by atoms with Gasteiger partial charge in [-0.2, -0.15) is 10.5 Å². The van der Waals surface area contributed by atoms with Gasteiger partial charge in [-0.1, -0.05) is 48.5 Å². The molecule has 0 aromatic heterocycles. The number of nitrogens with one attached hydrogen (secondary N) is 1. The van der Waals surface area contributed by atoms with E-state index in [0.29, 0.717) is 11.1 Å². The number of hydrogen-bond donors (Lipinski definition) is 1. The highest BCUT2D eigenvalue weighted by Gasteiger charge is 2.01. The van der Waals surface area contributed by atoms with Crippen LogP contribution in [0.2, 0.25) is 0 Å². The largest absolute Gasteiger partial charge is 0.356 e. The summed E-state index contributed by atoms with van der Waals surface area (Å²) in [6.07, 6.45) is 0. The molecule has 0 aliphatic heterocycles. The van der Waals surface area contributed by atoms with E-state index >= 15 is 0 Å². The molecule has 29 heavy (non-hydrogen) atoms. The van der Waals surface area contributed by atoms with Crippen LogP contribution < -0.4 is 5.32 Å². The van der Waals surface area contributed by atoms with Crippen molar-refractivity contribution in [2.45, 2.75) is 0 Å². The van der Waals surface area contributed by atoms with Crippen molar-refractivity contribution in [3.05, 3.63) is 108 Å². The highest BCUT2D eigenvalue weighted by molar-refractivity contribution is 5.71. The molecule has 0 aliphatic carbocycles. The second-order valence-corrected chi connectivity index (χ2v) is 6.66. The van der Waals surface area contributed by atoms with Crippen molar-refractivity contribution in [3.63, 3.8) is 0 Å². The third kappa shape index (κ3) is 4.16. The standard InChI is InChI=1S/C26H17N3/c27-17-19-1-5-21(6-2-19)23-9-13-25(14-10-23)29-26-15-11-24(12-16-26)22-7-3-20(18-28)4-8-22/h1-16,29H. The summed E-state index contributed by atoms with van der Waals surface area (Å²) in [5.74, 6) is 0. The summed E-state index contributed by atoms with van der Waals surface area (Å²) in [5, 5.41) is 21.2. The van der Waals surface area contributed by atoms with Crippen molar-refractivity contribution >= 4 is 11.4 Å². The van der Waals surface area contributed by atoms with Gasteiger partial charge in [-0.15, -0.1) is 0 Å². The number of hydrogen-bond acceptors (Lipinski definition) is 3. The molecular formula is C26H17N3. The van der Waals surface area contributed by atoms with Crippen molar-refractivity contribution in [1.29, 1.82) is 10.5 Å². The first-order valence-corrected chi connectivity index (χ1v) is 9.23. The maximum atomic E-state index is 8.91. The van der Waals surface area contributed by atoms with Gasteiger partial charge in [0.2, 0.25) is 0 Å². The normalized spacial score (nSPS) is 10.0. The van der Waals surface area contributed by atoms with Gasteiger partial charge < -0.3 is 5.32 Å². The molecule has 0 saturated heterocycles. The van der Waals surface area contributed by atoms with Crippen LogP contribution in [-0.2, 0) is 0 Å². The first-order chi connectivity index (χ1) is 14.2. The number of benzene rings is 4. The molecule has 0 heterocycles. The predicted octanol–water partition coefficient (Wildman–Crippen LogP) is 6.51. The van der Waals surface area contributed by atoms with E-state index in [1.54, 1.807) is 0 Å². The third-order valence-corrected chi connectivity index (χ3v) is 4.75. The van der Waals surface area contributed by atoms with Crippen LogP contribution in [0.5, 0.6) is 0 Å². The Morgan fingerprint density at radius 2 is 0.690 bits per heavy atom. The predicted molar refractivity (Wildman–Crippen MR) is 116 cm³/mol. The van der Waals surface area contributed by atoms with E-state index in [4.69, 9.17) is 10.5 Å². The lowest BCUT2D eigenvalue weighted by molar-refractivity contribution is 1.48. The Balaban J connectivity index is 1.46. The molecule has 0 bridgehead atoms. The Hall–Kier alpha value is -4.34. The molecule has 136 valence electrons. The molecule has 4 aromatic carbocycles. The van der Waals surface area contributed by atoms with Crippen LogP contribution in [0.25, 0.3) is 22.3 Å². The lowest BCUT2D eigenvalue weighted by Gasteiger charge is -2.09. The minimum atomic E-state index is 0.663. The second-order valence-electron chi connectivity index (χ2n) is 6.66. The Morgan fingerprint density at radius 1 is 0.414 bits per heavy atom. The number of anilines is 2. The zero-order chi connectivity index (χ0) is 20.1. The molecule has 0 unspecified atom stereocenters. The quantitative estimate of drug-likeness (QED) is 0.445. The van der Waals surface area contributed by atoms with Gasteiger partial charge in [0, 0.05) is 11.4 Å². The molecule has 4 rings (SSSR count). The van der Waals surface area contributed by atoms with Crippen LogP contribution in [0.1, 0.15) is 11.1 Å². The SMILES string of the molecule is N#Cc1ccc(-c2ccc(Nc3ccc(-c4ccc(C#N)cc4)cc3)cc2)cc1. The minimum absolute atomic E-state index is 0.663. The van der Waals surface area contributed by atoms with Gasteiger partial charge in [0.25, 0.3) is 0 Å². The molecular weight excluding hydrogens is 354 g/mol. The van der Waals surface area contributed by atoms with Crippen LogP contribution in [0.15, 0.2) is 97.1 Å². The molecule has 0 saturated carbocycles. The van der Waals surface area contributed by atoms with E-state index in [2.05, 4.69) is 41.7 Å². The third-order valence-electron chi connectivity index (χ3n) is 4.75. The topological polar surface area (TPSA) is 59.6 Å². The molecule has 0 atom stereocenters. The molecule has 0 radical (unpaired) electrons. The molecule has 3 heteroatoms. The molecule has 3 nitrogen and oxygen atoms in total. The van der Waals surface area contributed by atoms with Gasteiger partial charge in [0.05, 0.1) is 23.3 Å². The Labute approximate surface area is 170 Å². The monoisotopic (exact) mass is 371 g/mol. The summed E-state index contributed by atoms with van der Waals surface area (Å²) in [7, 11) is 0. The van der Waals surface area contributed by atoms with E-state index < -0.39 is 0 Å². The Bertz CT molecular complexity index is 1090. The maximum Gasteiger partial charge on any atom is 0.0991 e. The van der Waals surface area contributed by atoms with E-state index in [-0.39, 0.29) is 0 Å². The van der Waals surface area contributed by atoms with Gasteiger partial charge in [-0.3, -0.25) is 0 Å². The van der Waals surface area contributed by atoms with Crippen LogP contribution in [0.3, 0.4) is 0 Å². The summed E-state index contributed by atoms with van der Waals surface area (Å²) in [6, 6.07) is 35.9. The minimum Gasteiger partial charge on any atom is -0.356 e. The first kappa shape index (κ1) is 18.0. The maximum absolute atomic E-state index is 8.91. The van der Waals surface area contributed by atoms with E-state index in [9.17, 15) is 0 Å². The number of rotatable bonds is 4. The van der Waals surface area contributed by atoms with Crippen LogP contribution in [0, 0.1) is 22.7 Å². The van der Waals surface area contributed by atoms with Crippen LogP contribution >= 0.6 is 0 Å². The molecule has 4 aromatic rings. The van der Waals surface area contributed by atoms with Crippen molar-refractivity contribution in [2.24, 2.45) is 0 Å². The fourth-order valence-corrected chi connectivity index (χ4v) is 3.13. The Kier molecular flexibility index (Phi) is 5.06. The number of nitrogens with zero attached hydrogens (tertiary/aromatic N) is 2. The molecule has 0 spiro atoms. The average Bonchev–Trinajstić information content (AvgIpc) is 2.80. The average molecular weight is 371 g/mol. The van der Waals surface area contributed by atoms with Gasteiger partial charge in [0.1, 0.15) is 0 Å². The van der Waals surface area contributed by atoms with Gasteiger partial charge >= 0.3 is 0 Å². The fourth-order valence-electron chi connectivity index (χ4n) is 3.13. The van der Waals surface area contributed by atoms with E-state index in [1.807, 2.05) is 72.8 Å². The molecule has 0 fully saturated rings. The summed E-state index contributed by atoms with van der Waals surface area (Å²) >= 11 is 0. The van der Waals surface area contributed by atoms with Crippen molar-refractivity contribution < 1.29 is 0 Å². The van der Waals surface area contributed by atoms with Gasteiger partial charge in [0.15, 0.2) is 0 Å². The van der Waals surface area contributed by atoms with Crippen molar-refractivity contribution in [2.75, 3.05) is 5.32 Å². The van der Waals surface area contributed by atoms with E-state index in [1.165, 1.54) is 0 Å². The zero-order valence-electron chi connectivity index (χ0n) is 15.6. The molecule has 0 amide bonds. The zero-order valence-corrected chi connectivity index (χ0v) is 15.6. The van der Waals surface area contributed by atoms with E-state index in [0.717, 1.165) is 33.6 Å². The number of nitriles is 2. The summed E-state index contributed by atoms with van der Waals surface area (Å²) in [6.45, 7) is 0.